The van der Waals surface area contributed by atoms with Crippen LogP contribution in [0.2, 0.25) is 0 Å². The van der Waals surface area contributed by atoms with Gasteiger partial charge < -0.3 is 0 Å². The van der Waals surface area contributed by atoms with E-state index in [1.54, 1.807) is 0 Å². The minimum atomic E-state index is 1.01. The van der Waals surface area contributed by atoms with E-state index in [2.05, 4.69) is 61.5 Å². The van der Waals surface area contributed by atoms with E-state index in [0.717, 1.165) is 22.5 Å². The molecule has 2 aromatic carbocycles. The summed E-state index contributed by atoms with van der Waals surface area (Å²) in [5.74, 6) is 0. The summed E-state index contributed by atoms with van der Waals surface area (Å²) in [7, 11) is 0. The van der Waals surface area contributed by atoms with E-state index >= 15 is 0 Å². The molecule has 21 heavy (non-hydrogen) atoms. The van der Waals surface area contributed by atoms with Crippen molar-refractivity contribution in [2.24, 2.45) is 0 Å². The Balaban J connectivity index is 0.000000774. The summed E-state index contributed by atoms with van der Waals surface area (Å²) in [4.78, 5) is 4.75. The van der Waals surface area contributed by atoms with Crippen molar-refractivity contribution in [2.45, 2.75) is 20.8 Å². The number of nitrogens with zero attached hydrogens (tertiary/aromatic N) is 1. The lowest BCUT2D eigenvalue weighted by Crippen LogP contribution is -1.88. The van der Waals surface area contributed by atoms with Crippen molar-refractivity contribution in [1.82, 2.24) is 4.98 Å². The second kappa shape index (κ2) is 7.39. The summed E-state index contributed by atoms with van der Waals surface area (Å²) in [5, 5.41) is 0. The highest BCUT2D eigenvalue weighted by molar-refractivity contribution is 5.66. The van der Waals surface area contributed by atoms with Gasteiger partial charge in [-0.15, -0.1) is 0 Å². The molecule has 0 atom stereocenters. The third-order valence-electron chi connectivity index (χ3n) is 3.13. The fourth-order valence-corrected chi connectivity index (χ4v) is 2.17. The molecule has 0 saturated heterocycles. The first-order valence-corrected chi connectivity index (χ1v) is 7.42. The lowest BCUT2D eigenvalue weighted by Gasteiger charge is -2.05. The van der Waals surface area contributed by atoms with E-state index in [9.17, 15) is 0 Å². The number of aromatic nitrogens is 1. The monoisotopic (exact) mass is 275 g/mol. The van der Waals surface area contributed by atoms with Crippen LogP contribution in [0.15, 0.2) is 72.8 Å². The van der Waals surface area contributed by atoms with E-state index in [0.29, 0.717) is 0 Å². The van der Waals surface area contributed by atoms with Gasteiger partial charge in [-0.3, -0.25) is 0 Å². The maximum absolute atomic E-state index is 4.75. The quantitative estimate of drug-likeness (QED) is 0.580. The molecule has 3 aromatic rings. The van der Waals surface area contributed by atoms with Crippen molar-refractivity contribution < 1.29 is 0 Å². The first-order valence-electron chi connectivity index (χ1n) is 7.42. The van der Waals surface area contributed by atoms with Gasteiger partial charge in [0.1, 0.15) is 0 Å². The van der Waals surface area contributed by atoms with Crippen molar-refractivity contribution in [3.63, 3.8) is 0 Å². The maximum Gasteiger partial charge on any atom is 0.0709 e. The molecule has 0 bridgehead atoms. The number of pyridine rings is 1. The zero-order valence-corrected chi connectivity index (χ0v) is 12.9. The van der Waals surface area contributed by atoms with Crippen LogP contribution in [0.5, 0.6) is 0 Å². The molecule has 0 fully saturated rings. The fourth-order valence-electron chi connectivity index (χ4n) is 2.17. The normalized spacial score (nSPS) is 9.67. The molecule has 0 amide bonds. The summed E-state index contributed by atoms with van der Waals surface area (Å²) in [6, 6.07) is 24.9. The molecule has 1 aromatic heterocycles. The van der Waals surface area contributed by atoms with Crippen LogP contribution < -0.4 is 0 Å². The number of hydrogen-bond donors (Lipinski definition) is 0. The molecule has 1 nitrogen and oxygen atoms in total. The summed E-state index contributed by atoms with van der Waals surface area (Å²) in [6.07, 6.45) is 0. The van der Waals surface area contributed by atoms with E-state index in [1.807, 2.05) is 32.0 Å². The lowest BCUT2D eigenvalue weighted by atomic mass is 10.1. The predicted molar refractivity (Wildman–Crippen MR) is 91.2 cm³/mol. The Hall–Kier alpha value is -2.41. The Morgan fingerprint density at radius 2 is 1.19 bits per heavy atom. The van der Waals surface area contributed by atoms with Gasteiger partial charge in [0.15, 0.2) is 0 Å². The molecule has 0 N–H and O–H groups in total. The average Bonchev–Trinajstić information content (AvgIpc) is 2.58. The number of rotatable bonds is 2. The highest BCUT2D eigenvalue weighted by Gasteiger charge is 2.02. The zero-order valence-electron chi connectivity index (χ0n) is 12.9. The second-order valence-electron chi connectivity index (χ2n) is 4.64. The Morgan fingerprint density at radius 3 is 1.86 bits per heavy atom. The van der Waals surface area contributed by atoms with E-state index in [4.69, 9.17) is 4.98 Å². The largest absolute Gasteiger partial charge is 0.248 e. The summed E-state index contributed by atoms with van der Waals surface area (Å²) < 4.78 is 0. The molecule has 0 aliphatic rings. The molecule has 0 unspecified atom stereocenters. The van der Waals surface area contributed by atoms with Crippen LogP contribution in [0.4, 0.5) is 0 Å². The fraction of sp³-hybridized carbons (Fsp3) is 0.150. The molecule has 1 heteroatoms. The molecule has 0 aliphatic heterocycles. The molecule has 3 rings (SSSR count). The molecule has 0 saturated carbocycles. The Morgan fingerprint density at radius 1 is 0.619 bits per heavy atom. The SMILES string of the molecule is CC.Cc1cccc(-c2cccc(-c3ccccc3)n2)c1. The van der Waals surface area contributed by atoms with Gasteiger partial charge in [-0.2, -0.15) is 0 Å². The second-order valence-corrected chi connectivity index (χ2v) is 4.64. The van der Waals surface area contributed by atoms with Crippen LogP contribution in [-0.2, 0) is 0 Å². The lowest BCUT2D eigenvalue weighted by molar-refractivity contribution is 1.32. The molecular formula is C20H21N. The van der Waals surface area contributed by atoms with Gasteiger partial charge in [-0.25, -0.2) is 4.98 Å². The first kappa shape index (κ1) is 15.0. The molecular weight excluding hydrogens is 254 g/mol. The van der Waals surface area contributed by atoms with Crippen LogP contribution in [-0.4, -0.2) is 4.98 Å². The zero-order chi connectivity index (χ0) is 15.1. The van der Waals surface area contributed by atoms with Gasteiger partial charge in [0, 0.05) is 11.1 Å². The first-order chi connectivity index (χ1) is 10.3. The summed E-state index contributed by atoms with van der Waals surface area (Å²) >= 11 is 0. The molecule has 0 spiro atoms. The van der Waals surface area contributed by atoms with Crippen LogP contribution in [0, 0.1) is 6.92 Å². The number of aryl methyl sites for hydroxylation is 1. The van der Waals surface area contributed by atoms with E-state index in [1.165, 1.54) is 5.56 Å². The molecule has 106 valence electrons. The van der Waals surface area contributed by atoms with Crippen molar-refractivity contribution in [3.8, 4) is 22.5 Å². The predicted octanol–water partition coefficient (Wildman–Crippen LogP) is 5.75. The van der Waals surface area contributed by atoms with Crippen LogP contribution in [0.1, 0.15) is 19.4 Å². The van der Waals surface area contributed by atoms with E-state index in [-0.39, 0.29) is 0 Å². The summed E-state index contributed by atoms with van der Waals surface area (Å²) in [5.41, 5.74) is 5.60. The van der Waals surface area contributed by atoms with Crippen LogP contribution >= 0.6 is 0 Å². The Labute approximate surface area is 127 Å². The van der Waals surface area contributed by atoms with Crippen molar-refractivity contribution in [3.05, 3.63) is 78.4 Å². The van der Waals surface area contributed by atoms with Crippen LogP contribution in [0.25, 0.3) is 22.5 Å². The van der Waals surface area contributed by atoms with Crippen molar-refractivity contribution >= 4 is 0 Å². The average molecular weight is 275 g/mol. The van der Waals surface area contributed by atoms with Crippen molar-refractivity contribution in [2.75, 3.05) is 0 Å². The molecule has 1 heterocycles. The minimum absolute atomic E-state index is 1.01. The standard InChI is InChI=1S/C18H15N.C2H6/c1-14-7-5-10-16(13-14)18-12-6-11-17(19-18)15-8-3-2-4-9-15;1-2/h2-13H,1H3;1-2H3. The smallest absolute Gasteiger partial charge is 0.0709 e. The van der Waals surface area contributed by atoms with Gasteiger partial charge in [-0.1, -0.05) is 74.0 Å². The van der Waals surface area contributed by atoms with Gasteiger partial charge in [0.25, 0.3) is 0 Å². The third kappa shape index (κ3) is 3.79. The van der Waals surface area contributed by atoms with Gasteiger partial charge in [-0.05, 0) is 25.1 Å². The summed E-state index contributed by atoms with van der Waals surface area (Å²) in [6.45, 7) is 6.10. The Bertz CT molecular complexity index is 687. The number of hydrogen-bond acceptors (Lipinski definition) is 1. The number of benzene rings is 2. The van der Waals surface area contributed by atoms with Gasteiger partial charge in [0.05, 0.1) is 11.4 Å². The molecule has 0 radical (unpaired) electrons. The highest BCUT2D eigenvalue weighted by Crippen LogP contribution is 2.22. The minimum Gasteiger partial charge on any atom is -0.248 e. The molecule has 0 aliphatic carbocycles. The highest BCUT2D eigenvalue weighted by atomic mass is 14.7. The van der Waals surface area contributed by atoms with Gasteiger partial charge in [0.2, 0.25) is 0 Å². The third-order valence-corrected chi connectivity index (χ3v) is 3.13. The van der Waals surface area contributed by atoms with Gasteiger partial charge >= 0.3 is 0 Å². The van der Waals surface area contributed by atoms with Crippen molar-refractivity contribution in [1.29, 1.82) is 0 Å². The van der Waals surface area contributed by atoms with Crippen LogP contribution in [0.3, 0.4) is 0 Å². The topological polar surface area (TPSA) is 12.9 Å². The maximum atomic E-state index is 4.75. The Kier molecular flexibility index (Phi) is 5.28. The van der Waals surface area contributed by atoms with E-state index < -0.39 is 0 Å².